The summed E-state index contributed by atoms with van der Waals surface area (Å²) < 4.78 is 31.7. The van der Waals surface area contributed by atoms with Crippen molar-refractivity contribution in [3.63, 3.8) is 0 Å². The van der Waals surface area contributed by atoms with Crippen LogP contribution in [0.15, 0.2) is 59.6 Å². The molecule has 9 heteroatoms. The molecular formula is C25H26F3N3O3. The minimum absolute atomic E-state index is 0.0511. The summed E-state index contributed by atoms with van der Waals surface area (Å²) in [6.45, 7) is 2.06. The molecule has 1 amide bonds. The van der Waals surface area contributed by atoms with E-state index in [0.29, 0.717) is 24.2 Å². The van der Waals surface area contributed by atoms with E-state index in [2.05, 4.69) is 60.5 Å². The number of aliphatic carboxylic acids is 1. The van der Waals surface area contributed by atoms with Gasteiger partial charge in [-0.15, -0.1) is 0 Å². The monoisotopic (exact) mass is 473 g/mol. The first-order chi connectivity index (χ1) is 15.9. The Morgan fingerprint density at radius 2 is 1.74 bits per heavy atom. The largest absolute Gasteiger partial charge is 0.490 e. The van der Waals surface area contributed by atoms with Gasteiger partial charge in [0.05, 0.1) is 12.0 Å². The van der Waals surface area contributed by atoms with Crippen molar-refractivity contribution in [1.29, 1.82) is 0 Å². The van der Waals surface area contributed by atoms with E-state index in [1.54, 1.807) is 7.05 Å². The highest BCUT2D eigenvalue weighted by Crippen LogP contribution is 2.56. The van der Waals surface area contributed by atoms with E-state index in [1.807, 2.05) is 18.2 Å². The van der Waals surface area contributed by atoms with E-state index in [4.69, 9.17) is 15.6 Å². The predicted octanol–water partition coefficient (Wildman–Crippen LogP) is 4.53. The lowest BCUT2D eigenvalue weighted by Crippen LogP contribution is -2.49. The van der Waals surface area contributed by atoms with E-state index in [9.17, 15) is 18.0 Å². The van der Waals surface area contributed by atoms with Crippen LogP contribution < -0.4 is 5.73 Å². The lowest BCUT2D eigenvalue weighted by Gasteiger charge is -2.33. The van der Waals surface area contributed by atoms with E-state index in [0.717, 1.165) is 6.42 Å². The highest BCUT2D eigenvalue weighted by molar-refractivity contribution is 5.98. The number of aliphatic imine (C=N–C) groups is 1. The Morgan fingerprint density at radius 1 is 1.15 bits per heavy atom. The van der Waals surface area contributed by atoms with Gasteiger partial charge >= 0.3 is 12.1 Å². The van der Waals surface area contributed by atoms with Crippen molar-refractivity contribution < 1.29 is 27.9 Å². The van der Waals surface area contributed by atoms with Crippen LogP contribution in [0.1, 0.15) is 42.4 Å². The van der Waals surface area contributed by atoms with Crippen molar-refractivity contribution in [3.8, 4) is 0 Å². The van der Waals surface area contributed by atoms with Gasteiger partial charge in [-0.25, -0.2) is 9.79 Å². The van der Waals surface area contributed by atoms with Crippen LogP contribution in [0.3, 0.4) is 0 Å². The SMILES string of the molecule is CN1C(=O)C[C@@](C)([C@@H]2C[C@H]2c2cccc(/C=C/c3ccccc3)c2)N=C1N.O=C(O)C(F)(F)F. The number of guanidine groups is 1. The summed E-state index contributed by atoms with van der Waals surface area (Å²) in [5, 5.41) is 7.12. The zero-order valence-corrected chi connectivity index (χ0v) is 18.8. The second-order valence-corrected chi connectivity index (χ2v) is 8.62. The Kier molecular flexibility index (Phi) is 7.14. The van der Waals surface area contributed by atoms with Gasteiger partial charge in [-0.2, -0.15) is 13.2 Å². The van der Waals surface area contributed by atoms with Gasteiger partial charge in [0.2, 0.25) is 5.91 Å². The van der Waals surface area contributed by atoms with Gasteiger partial charge in [0.15, 0.2) is 5.96 Å². The normalized spacial score (nSPS) is 24.3. The maximum atomic E-state index is 12.2. The van der Waals surface area contributed by atoms with Gasteiger partial charge in [-0.05, 0) is 41.9 Å². The Labute approximate surface area is 195 Å². The summed E-state index contributed by atoms with van der Waals surface area (Å²) in [7, 11) is 1.69. The Balaban J connectivity index is 0.000000406. The number of nitrogens with zero attached hydrogens (tertiary/aromatic N) is 2. The molecule has 0 spiro atoms. The highest BCUT2D eigenvalue weighted by atomic mass is 19.4. The molecule has 6 nitrogen and oxygen atoms in total. The molecule has 34 heavy (non-hydrogen) atoms. The van der Waals surface area contributed by atoms with Gasteiger partial charge in [-0.1, -0.05) is 66.7 Å². The Morgan fingerprint density at radius 3 is 2.32 bits per heavy atom. The van der Waals surface area contributed by atoms with Crippen molar-refractivity contribution in [2.75, 3.05) is 7.05 Å². The molecule has 1 aliphatic heterocycles. The quantitative estimate of drug-likeness (QED) is 0.638. The first kappa shape index (κ1) is 25.0. The molecule has 3 N–H and O–H groups in total. The van der Waals surface area contributed by atoms with Gasteiger partial charge in [-0.3, -0.25) is 9.69 Å². The smallest absolute Gasteiger partial charge is 0.475 e. The third-order valence-corrected chi connectivity index (χ3v) is 6.04. The van der Waals surface area contributed by atoms with E-state index < -0.39 is 17.7 Å². The minimum Gasteiger partial charge on any atom is -0.475 e. The van der Waals surface area contributed by atoms with Crippen molar-refractivity contribution in [2.45, 2.75) is 37.4 Å². The first-order valence-electron chi connectivity index (χ1n) is 10.7. The van der Waals surface area contributed by atoms with Crippen LogP contribution in [-0.4, -0.2) is 46.6 Å². The molecule has 180 valence electrons. The summed E-state index contributed by atoms with van der Waals surface area (Å²) >= 11 is 0. The number of carboxylic acids is 1. The zero-order valence-electron chi connectivity index (χ0n) is 18.8. The highest BCUT2D eigenvalue weighted by Gasteiger charge is 2.53. The molecule has 0 unspecified atom stereocenters. The van der Waals surface area contributed by atoms with Gasteiger partial charge in [0.25, 0.3) is 0 Å². The van der Waals surface area contributed by atoms with Crippen LogP contribution in [0.2, 0.25) is 0 Å². The molecule has 2 aromatic carbocycles. The third kappa shape index (κ3) is 6.03. The number of amides is 1. The molecule has 1 fully saturated rings. The maximum absolute atomic E-state index is 12.2. The number of rotatable bonds is 4. The van der Waals surface area contributed by atoms with Crippen molar-refractivity contribution in [1.82, 2.24) is 4.90 Å². The average molecular weight is 473 g/mol. The molecule has 3 atom stereocenters. The zero-order chi connectivity index (χ0) is 25.1. The number of halogens is 3. The summed E-state index contributed by atoms with van der Waals surface area (Å²) in [6, 6.07) is 19.0. The Bertz CT molecular complexity index is 1120. The van der Waals surface area contributed by atoms with Crippen LogP contribution in [0, 0.1) is 5.92 Å². The van der Waals surface area contributed by atoms with Crippen LogP contribution in [-0.2, 0) is 9.59 Å². The summed E-state index contributed by atoms with van der Waals surface area (Å²) in [5.41, 5.74) is 9.26. The van der Waals surface area contributed by atoms with Crippen molar-refractivity contribution in [3.05, 3.63) is 71.3 Å². The van der Waals surface area contributed by atoms with Crippen molar-refractivity contribution >= 4 is 30.0 Å². The summed E-state index contributed by atoms with van der Waals surface area (Å²) in [5.74, 6) is -1.57. The standard InChI is InChI=1S/C23H25N3O.C2HF3O2/c1-23(15-21(27)26(2)22(24)25-23)20-14-19(20)18-10-6-9-17(13-18)12-11-16-7-4-3-5-8-16;3-2(4,5)1(6)7/h3-13,19-20H,14-15H2,1-2H3,(H2,24,25);(H,6,7)/b12-11+;/t19-,20+,23-;/m0./s1. The molecule has 0 saturated heterocycles. The maximum Gasteiger partial charge on any atom is 0.490 e. The van der Waals surface area contributed by atoms with Crippen LogP contribution in [0.5, 0.6) is 0 Å². The predicted molar refractivity (Wildman–Crippen MR) is 124 cm³/mol. The number of carboxylic acid groups (broad SMARTS) is 1. The molecular weight excluding hydrogens is 447 g/mol. The number of alkyl halides is 3. The number of carbonyl (C=O) groups is 2. The molecule has 2 aliphatic rings. The fourth-order valence-corrected chi connectivity index (χ4v) is 4.04. The van der Waals surface area contributed by atoms with Gasteiger partial charge in [0, 0.05) is 7.05 Å². The average Bonchev–Trinajstić information content (AvgIpc) is 3.59. The topological polar surface area (TPSA) is 96.0 Å². The third-order valence-electron chi connectivity index (χ3n) is 6.04. The lowest BCUT2D eigenvalue weighted by molar-refractivity contribution is -0.192. The van der Waals surface area contributed by atoms with Crippen LogP contribution in [0.4, 0.5) is 13.2 Å². The van der Waals surface area contributed by atoms with Crippen LogP contribution >= 0.6 is 0 Å². The van der Waals surface area contributed by atoms with E-state index in [-0.39, 0.29) is 5.91 Å². The second-order valence-electron chi connectivity index (χ2n) is 8.62. The molecule has 4 rings (SSSR count). The molecule has 0 aromatic heterocycles. The molecule has 1 heterocycles. The van der Waals surface area contributed by atoms with Crippen LogP contribution in [0.25, 0.3) is 12.2 Å². The number of carbonyl (C=O) groups excluding carboxylic acids is 1. The fourth-order valence-electron chi connectivity index (χ4n) is 4.04. The Hall–Kier alpha value is -3.62. The van der Waals surface area contributed by atoms with Crippen molar-refractivity contribution in [2.24, 2.45) is 16.6 Å². The number of benzene rings is 2. The first-order valence-corrected chi connectivity index (χ1v) is 10.7. The summed E-state index contributed by atoms with van der Waals surface area (Å²) in [4.78, 5) is 27.2. The lowest BCUT2D eigenvalue weighted by atomic mass is 9.88. The second kappa shape index (κ2) is 9.70. The molecule has 1 aliphatic carbocycles. The van der Waals surface area contributed by atoms with E-state index >= 15 is 0 Å². The van der Waals surface area contributed by atoms with E-state index in [1.165, 1.54) is 21.6 Å². The summed E-state index contributed by atoms with van der Waals surface area (Å²) in [6.07, 6.45) is 0.674. The molecule has 1 saturated carbocycles. The molecule has 0 bridgehead atoms. The fraction of sp³-hybridized carbons (Fsp3) is 0.320. The van der Waals surface area contributed by atoms with Gasteiger partial charge < -0.3 is 10.8 Å². The van der Waals surface area contributed by atoms with Gasteiger partial charge in [0.1, 0.15) is 0 Å². The number of nitrogens with two attached hydrogens (primary N) is 1. The molecule has 2 aromatic rings. The minimum atomic E-state index is -5.08. The number of hydrogen-bond donors (Lipinski definition) is 2. The molecule has 0 radical (unpaired) electrons. The number of hydrogen-bond acceptors (Lipinski definition) is 4.